The first kappa shape index (κ1) is 33.0. The smallest absolute Gasteiger partial charge is 0.243 e. The van der Waals surface area contributed by atoms with Crippen molar-refractivity contribution in [2.75, 3.05) is 51.2 Å². The Hall–Kier alpha value is -2.35. The van der Waals surface area contributed by atoms with Gasteiger partial charge in [0.1, 0.15) is 0 Å². The van der Waals surface area contributed by atoms with Gasteiger partial charge >= 0.3 is 0 Å². The standard InChI is InChI=1S/C32H46N4O6S2/c1-25(2)20-28-22-42-32(24-36(28)44(40,41)30-12-8-26(3)9-13-30)16-7-17-34(23-32)21-31(37)33-27-10-14-29(15-11-27)43(38,39)35-18-5-4-6-19-35/h8-15,25,28H,4-7,16-24H2,1-3H3,(H,33,37)/t28-,32?/m0/s1. The molecule has 3 fully saturated rings. The highest BCUT2D eigenvalue weighted by Gasteiger charge is 2.47. The Labute approximate surface area is 262 Å². The van der Waals surface area contributed by atoms with Gasteiger partial charge in [-0.2, -0.15) is 8.61 Å². The molecule has 0 saturated carbocycles. The predicted octanol–water partition coefficient (Wildman–Crippen LogP) is 4.08. The molecule has 0 bridgehead atoms. The second kappa shape index (κ2) is 13.6. The summed E-state index contributed by atoms with van der Waals surface area (Å²) in [7, 11) is -7.28. The molecule has 0 aliphatic carbocycles. The molecule has 3 heterocycles. The Morgan fingerprint density at radius 1 is 0.886 bits per heavy atom. The zero-order valence-electron chi connectivity index (χ0n) is 26.1. The fraction of sp³-hybridized carbons (Fsp3) is 0.594. The number of sulfonamides is 2. The van der Waals surface area contributed by atoms with Crippen molar-refractivity contribution in [3.8, 4) is 0 Å². The molecule has 0 aromatic heterocycles. The van der Waals surface area contributed by atoms with E-state index in [1.807, 2.05) is 24.0 Å². The topological polar surface area (TPSA) is 116 Å². The van der Waals surface area contributed by atoms with E-state index in [2.05, 4.69) is 19.2 Å². The molecule has 1 amide bonds. The van der Waals surface area contributed by atoms with Gasteiger partial charge in [-0.15, -0.1) is 0 Å². The summed E-state index contributed by atoms with van der Waals surface area (Å²) in [5.41, 5.74) is 0.828. The molecule has 1 spiro atoms. The van der Waals surface area contributed by atoms with Crippen molar-refractivity contribution in [3.63, 3.8) is 0 Å². The maximum Gasteiger partial charge on any atom is 0.243 e. The number of hydrogen-bond acceptors (Lipinski definition) is 7. The highest BCUT2D eigenvalue weighted by atomic mass is 32.2. The molecule has 2 aromatic carbocycles. The van der Waals surface area contributed by atoms with Crippen LogP contribution >= 0.6 is 0 Å². The van der Waals surface area contributed by atoms with Crippen LogP contribution in [0.15, 0.2) is 58.3 Å². The van der Waals surface area contributed by atoms with Crippen LogP contribution in [0.4, 0.5) is 5.69 Å². The average Bonchev–Trinajstić information content (AvgIpc) is 2.99. The van der Waals surface area contributed by atoms with Crippen LogP contribution in [0.3, 0.4) is 0 Å². The van der Waals surface area contributed by atoms with Crippen molar-refractivity contribution < 1.29 is 26.4 Å². The molecular formula is C32H46N4O6S2. The molecule has 242 valence electrons. The van der Waals surface area contributed by atoms with Crippen LogP contribution in [0.2, 0.25) is 0 Å². The summed E-state index contributed by atoms with van der Waals surface area (Å²) in [4.78, 5) is 15.6. The van der Waals surface area contributed by atoms with Crippen LogP contribution in [0.1, 0.15) is 57.9 Å². The lowest BCUT2D eigenvalue weighted by Crippen LogP contribution is -2.64. The van der Waals surface area contributed by atoms with Gasteiger partial charge in [0.15, 0.2) is 0 Å². The molecule has 12 heteroatoms. The van der Waals surface area contributed by atoms with E-state index in [-0.39, 0.29) is 34.8 Å². The second-order valence-electron chi connectivity index (χ2n) is 13.0. The van der Waals surface area contributed by atoms with Gasteiger partial charge in [0.05, 0.1) is 28.5 Å². The van der Waals surface area contributed by atoms with E-state index in [1.54, 1.807) is 40.7 Å². The molecule has 3 saturated heterocycles. The largest absolute Gasteiger partial charge is 0.371 e. The molecule has 3 aliphatic rings. The number of aryl methyl sites for hydroxylation is 1. The van der Waals surface area contributed by atoms with E-state index in [0.717, 1.165) is 31.2 Å². The van der Waals surface area contributed by atoms with Crippen LogP contribution in [0.25, 0.3) is 0 Å². The quantitative estimate of drug-likeness (QED) is 0.437. The van der Waals surface area contributed by atoms with Crippen molar-refractivity contribution >= 4 is 31.6 Å². The number of piperidine rings is 2. The summed E-state index contributed by atoms with van der Waals surface area (Å²) in [6, 6.07) is 13.1. The number of nitrogens with zero attached hydrogens (tertiary/aromatic N) is 3. The molecule has 1 N–H and O–H groups in total. The first-order valence-corrected chi connectivity index (χ1v) is 18.6. The van der Waals surface area contributed by atoms with Crippen molar-refractivity contribution in [2.24, 2.45) is 5.92 Å². The molecule has 2 aromatic rings. The SMILES string of the molecule is Cc1ccc(S(=O)(=O)N2CC3(CCCN(CC(=O)Nc4ccc(S(=O)(=O)N5CCCCC5)cc4)C3)OC[C@@H]2CC(C)C)cc1. The van der Waals surface area contributed by atoms with Gasteiger partial charge < -0.3 is 10.1 Å². The Bertz CT molecular complexity index is 1510. The van der Waals surface area contributed by atoms with E-state index in [0.29, 0.717) is 57.2 Å². The average molecular weight is 647 g/mol. The molecular weight excluding hydrogens is 601 g/mol. The minimum Gasteiger partial charge on any atom is -0.371 e. The van der Waals surface area contributed by atoms with E-state index in [1.165, 1.54) is 4.31 Å². The van der Waals surface area contributed by atoms with Gasteiger partial charge in [-0.25, -0.2) is 16.8 Å². The zero-order valence-corrected chi connectivity index (χ0v) is 27.7. The van der Waals surface area contributed by atoms with E-state index in [4.69, 9.17) is 4.74 Å². The molecule has 0 radical (unpaired) electrons. The normalized spacial score (nSPS) is 24.5. The summed E-state index contributed by atoms with van der Waals surface area (Å²) >= 11 is 0. The van der Waals surface area contributed by atoms with Crippen LogP contribution in [-0.4, -0.2) is 93.8 Å². The Morgan fingerprint density at radius 2 is 1.52 bits per heavy atom. The van der Waals surface area contributed by atoms with Crippen LogP contribution < -0.4 is 5.32 Å². The fourth-order valence-electron chi connectivity index (χ4n) is 6.61. The third kappa shape index (κ3) is 7.54. The number of nitrogens with one attached hydrogen (secondary N) is 1. The molecule has 10 nitrogen and oxygen atoms in total. The van der Waals surface area contributed by atoms with Gasteiger partial charge in [0, 0.05) is 37.9 Å². The second-order valence-corrected chi connectivity index (χ2v) is 16.8. The van der Waals surface area contributed by atoms with Crippen molar-refractivity contribution in [2.45, 2.75) is 80.7 Å². The molecule has 3 aliphatic heterocycles. The number of amides is 1. The van der Waals surface area contributed by atoms with Gasteiger partial charge in [-0.1, -0.05) is 38.0 Å². The predicted molar refractivity (Wildman–Crippen MR) is 170 cm³/mol. The lowest BCUT2D eigenvalue weighted by molar-refractivity contribution is -0.146. The van der Waals surface area contributed by atoms with Crippen LogP contribution in [0.5, 0.6) is 0 Å². The summed E-state index contributed by atoms with van der Waals surface area (Å²) in [6.45, 7) is 9.01. The van der Waals surface area contributed by atoms with Crippen molar-refractivity contribution in [1.82, 2.24) is 13.5 Å². The maximum absolute atomic E-state index is 13.9. The number of carbonyl (C=O) groups is 1. The monoisotopic (exact) mass is 646 g/mol. The summed E-state index contributed by atoms with van der Waals surface area (Å²) in [5, 5.41) is 2.89. The number of benzene rings is 2. The van der Waals surface area contributed by atoms with Gasteiger partial charge in [0.25, 0.3) is 0 Å². The number of morpholine rings is 1. The minimum absolute atomic E-state index is 0.124. The zero-order chi connectivity index (χ0) is 31.5. The summed E-state index contributed by atoms with van der Waals surface area (Å²) in [5.74, 6) is 0.0881. The van der Waals surface area contributed by atoms with Gasteiger partial charge in [0.2, 0.25) is 26.0 Å². The van der Waals surface area contributed by atoms with Crippen molar-refractivity contribution in [1.29, 1.82) is 0 Å². The molecule has 2 atom stereocenters. The summed E-state index contributed by atoms with van der Waals surface area (Å²) < 4.78 is 63.4. The van der Waals surface area contributed by atoms with Gasteiger partial charge in [-0.05, 0) is 87.9 Å². The van der Waals surface area contributed by atoms with E-state index in [9.17, 15) is 21.6 Å². The van der Waals surface area contributed by atoms with E-state index < -0.39 is 25.6 Å². The highest BCUT2D eigenvalue weighted by Crippen LogP contribution is 2.35. The highest BCUT2D eigenvalue weighted by molar-refractivity contribution is 7.89. The number of ether oxygens (including phenoxy) is 1. The maximum atomic E-state index is 13.9. The number of likely N-dealkylation sites (tertiary alicyclic amines) is 1. The number of carbonyl (C=O) groups excluding carboxylic acids is 1. The lowest BCUT2D eigenvalue weighted by atomic mass is 9.89. The fourth-order valence-corrected chi connectivity index (χ4v) is 9.82. The van der Waals surface area contributed by atoms with Crippen LogP contribution in [0, 0.1) is 12.8 Å². The Kier molecular flexibility index (Phi) is 10.2. The molecule has 44 heavy (non-hydrogen) atoms. The third-order valence-corrected chi connectivity index (χ3v) is 12.7. The Balaban J connectivity index is 1.24. The lowest BCUT2D eigenvalue weighted by Gasteiger charge is -2.50. The minimum atomic E-state index is -3.74. The first-order valence-electron chi connectivity index (χ1n) is 15.7. The molecule has 5 rings (SSSR count). The molecule has 1 unspecified atom stereocenters. The van der Waals surface area contributed by atoms with Gasteiger partial charge in [-0.3, -0.25) is 9.69 Å². The number of rotatable bonds is 9. The third-order valence-electron chi connectivity index (χ3n) is 8.88. The number of anilines is 1. The van der Waals surface area contributed by atoms with Crippen molar-refractivity contribution in [3.05, 3.63) is 54.1 Å². The summed E-state index contributed by atoms with van der Waals surface area (Å²) in [6.07, 6.45) is 4.98. The Morgan fingerprint density at radius 3 is 2.18 bits per heavy atom. The number of hydrogen-bond donors (Lipinski definition) is 1. The van der Waals surface area contributed by atoms with E-state index >= 15 is 0 Å². The van der Waals surface area contributed by atoms with Crippen LogP contribution in [-0.2, 0) is 29.6 Å². The first-order chi connectivity index (χ1) is 20.9.